The molecule has 2 aliphatic rings. The number of nitrogens with zero attached hydrogens (tertiary/aromatic N) is 4. The average Bonchev–Trinajstić information content (AvgIpc) is 3.13. The minimum absolute atomic E-state index is 0.0396. The molecule has 0 bridgehead atoms. The lowest BCUT2D eigenvalue weighted by Crippen LogP contribution is -2.56. The molecule has 2 amide bonds. The fourth-order valence-corrected chi connectivity index (χ4v) is 4.44. The Kier molecular flexibility index (Phi) is 3.78. The number of rotatable bonds is 2. The molecule has 4 rings (SSSR count). The van der Waals surface area contributed by atoms with E-state index >= 15 is 0 Å². The zero-order chi connectivity index (χ0) is 17.6. The molecule has 25 heavy (non-hydrogen) atoms. The second kappa shape index (κ2) is 5.86. The summed E-state index contributed by atoms with van der Waals surface area (Å²) in [6, 6.07) is 7.81. The molecule has 3 heterocycles. The molecule has 2 saturated heterocycles. The van der Waals surface area contributed by atoms with Gasteiger partial charge < -0.3 is 9.80 Å². The van der Waals surface area contributed by atoms with E-state index in [2.05, 4.69) is 5.10 Å². The van der Waals surface area contributed by atoms with Crippen molar-refractivity contribution >= 4 is 22.7 Å². The summed E-state index contributed by atoms with van der Waals surface area (Å²) in [5, 5.41) is 5.39. The van der Waals surface area contributed by atoms with Gasteiger partial charge in [0.05, 0.1) is 17.5 Å². The highest BCUT2D eigenvalue weighted by atomic mass is 16.2. The van der Waals surface area contributed by atoms with E-state index in [4.69, 9.17) is 0 Å². The van der Waals surface area contributed by atoms with Crippen LogP contribution in [0.4, 0.5) is 0 Å². The molecular weight excluding hydrogens is 316 g/mol. The van der Waals surface area contributed by atoms with E-state index in [-0.39, 0.29) is 17.4 Å². The highest BCUT2D eigenvalue weighted by Gasteiger charge is 2.50. The van der Waals surface area contributed by atoms with Gasteiger partial charge in [-0.25, -0.2) is 0 Å². The van der Waals surface area contributed by atoms with Gasteiger partial charge in [-0.3, -0.25) is 14.3 Å². The molecule has 132 valence electrons. The van der Waals surface area contributed by atoms with E-state index in [1.54, 1.807) is 4.68 Å². The van der Waals surface area contributed by atoms with Gasteiger partial charge in [-0.1, -0.05) is 18.2 Å². The standard InChI is InChI=1S/C19H24N4O2/c1-3-22-13-19(12-16(22)24)10-6-7-11-23(19)18(25)17-14-8-4-5-9-15(14)21(2)20-17/h4-5,8-9H,3,6-7,10-13H2,1-2H3. The fourth-order valence-electron chi connectivity index (χ4n) is 4.44. The van der Waals surface area contributed by atoms with Gasteiger partial charge in [-0.05, 0) is 32.3 Å². The average molecular weight is 340 g/mol. The number of aryl methyl sites for hydroxylation is 1. The second-order valence-corrected chi connectivity index (χ2v) is 7.21. The lowest BCUT2D eigenvalue weighted by atomic mass is 9.85. The van der Waals surface area contributed by atoms with Gasteiger partial charge in [-0.15, -0.1) is 0 Å². The maximum Gasteiger partial charge on any atom is 0.275 e. The summed E-state index contributed by atoms with van der Waals surface area (Å²) < 4.78 is 1.76. The van der Waals surface area contributed by atoms with Gasteiger partial charge in [0.25, 0.3) is 5.91 Å². The van der Waals surface area contributed by atoms with Gasteiger partial charge in [-0.2, -0.15) is 5.10 Å². The van der Waals surface area contributed by atoms with E-state index in [1.165, 1.54) is 0 Å². The highest BCUT2D eigenvalue weighted by molar-refractivity contribution is 6.05. The number of aromatic nitrogens is 2. The predicted molar refractivity (Wildman–Crippen MR) is 95.2 cm³/mol. The Morgan fingerprint density at radius 3 is 2.84 bits per heavy atom. The Hall–Kier alpha value is -2.37. The van der Waals surface area contributed by atoms with E-state index in [1.807, 2.05) is 48.0 Å². The number of likely N-dealkylation sites (N-methyl/N-ethyl adjacent to an activating group) is 1. The molecule has 1 aromatic carbocycles. The van der Waals surface area contributed by atoms with Crippen molar-refractivity contribution in [3.05, 3.63) is 30.0 Å². The topological polar surface area (TPSA) is 58.4 Å². The summed E-state index contributed by atoms with van der Waals surface area (Å²) >= 11 is 0. The molecule has 2 fully saturated rings. The van der Waals surface area contributed by atoms with Crippen molar-refractivity contribution in [3.8, 4) is 0 Å². The van der Waals surface area contributed by atoms with Crippen LogP contribution in [-0.4, -0.2) is 56.6 Å². The molecule has 0 aliphatic carbocycles. The van der Waals surface area contributed by atoms with Crippen LogP contribution in [0, 0.1) is 0 Å². The van der Waals surface area contributed by atoms with Gasteiger partial charge in [0, 0.05) is 32.1 Å². The van der Waals surface area contributed by atoms with Crippen LogP contribution in [0.2, 0.25) is 0 Å². The SMILES string of the molecule is CCN1CC2(CCCCN2C(=O)c2nn(C)c3ccccc23)CC1=O. The largest absolute Gasteiger partial charge is 0.341 e. The Balaban J connectivity index is 1.74. The molecule has 1 atom stereocenters. The third-order valence-corrected chi connectivity index (χ3v) is 5.75. The quantitative estimate of drug-likeness (QED) is 0.842. The molecular formula is C19H24N4O2. The summed E-state index contributed by atoms with van der Waals surface area (Å²) in [5.74, 6) is 0.121. The number of piperidine rings is 1. The molecule has 0 radical (unpaired) electrons. The minimum atomic E-state index is -0.360. The third kappa shape index (κ3) is 2.42. The van der Waals surface area contributed by atoms with Crippen LogP contribution in [-0.2, 0) is 11.8 Å². The van der Waals surface area contributed by atoms with E-state index in [9.17, 15) is 9.59 Å². The molecule has 1 aromatic heterocycles. The molecule has 6 heteroatoms. The van der Waals surface area contributed by atoms with E-state index < -0.39 is 0 Å². The van der Waals surface area contributed by atoms with Crippen molar-refractivity contribution in [3.63, 3.8) is 0 Å². The van der Waals surface area contributed by atoms with Crippen molar-refractivity contribution in [2.75, 3.05) is 19.6 Å². The number of carbonyl (C=O) groups excluding carboxylic acids is 2. The number of amides is 2. The summed E-state index contributed by atoms with van der Waals surface area (Å²) in [4.78, 5) is 29.6. The van der Waals surface area contributed by atoms with Crippen LogP contribution >= 0.6 is 0 Å². The molecule has 0 saturated carbocycles. The van der Waals surface area contributed by atoms with Crippen LogP contribution in [0.5, 0.6) is 0 Å². The molecule has 2 aromatic rings. The number of likely N-dealkylation sites (tertiary alicyclic amines) is 2. The summed E-state index contributed by atoms with van der Waals surface area (Å²) in [6.45, 7) is 4.06. The van der Waals surface area contributed by atoms with Crippen molar-refractivity contribution < 1.29 is 9.59 Å². The van der Waals surface area contributed by atoms with Crippen LogP contribution in [0.15, 0.2) is 24.3 Å². The van der Waals surface area contributed by atoms with Gasteiger partial charge in [0.2, 0.25) is 5.91 Å². The third-order valence-electron chi connectivity index (χ3n) is 5.75. The van der Waals surface area contributed by atoms with Crippen molar-refractivity contribution in [2.24, 2.45) is 7.05 Å². The second-order valence-electron chi connectivity index (χ2n) is 7.21. The fraction of sp³-hybridized carbons (Fsp3) is 0.526. The van der Waals surface area contributed by atoms with E-state index in [0.717, 1.165) is 30.2 Å². The first kappa shape index (κ1) is 16.1. The molecule has 0 N–H and O–H groups in total. The summed E-state index contributed by atoms with van der Waals surface area (Å²) in [7, 11) is 1.86. The van der Waals surface area contributed by atoms with Crippen molar-refractivity contribution in [1.29, 1.82) is 0 Å². The summed E-state index contributed by atoms with van der Waals surface area (Å²) in [6.07, 6.45) is 3.39. The summed E-state index contributed by atoms with van der Waals surface area (Å²) in [5.41, 5.74) is 1.09. The Morgan fingerprint density at radius 2 is 2.08 bits per heavy atom. The number of fused-ring (bicyclic) bond motifs is 1. The first-order chi connectivity index (χ1) is 12.1. The predicted octanol–water partition coefficient (Wildman–Crippen LogP) is 2.19. The maximum atomic E-state index is 13.4. The van der Waals surface area contributed by atoms with Crippen molar-refractivity contribution in [2.45, 2.75) is 38.1 Å². The Morgan fingerprint density at radius 1 is 1.28 bits per heavy atom. The maximum absolute atomic E-state index is 13.4. The first-order valence-corrected chi connectivity index (χ1v) is 9.07. The van der Waals surface area contributed by atoms with Gasteiger partial charge in [0.1, 0.15) is 0 Å². The smallest absolute Gasteiger partial charge is 0.275 e. The van der Waals surface area contributed by atoms with E-state index in [0.29, 0.717) is 31.7 Å². The zero-order valence-electron chi connectivity index (χ0n) is 14.9. The van der Waals surface area contributed by atoms with Gasteiger partial charge >= 0.3 is 0 Å². The number of hydrogen-bond donors (Lipinski definition) is 0. The van der Waals surface area contributed by atoms with Crippen molar-refractivity contribution in [1.82, 2.24) is 19.6 Å². The van der Waals surface area contributed by atoms with Crippen LogP contribution in [0.25, 0.3) is 10.9 Å². The number of para-hydroxylation sites is 1. The molecule has 6 nitrogen and oxygen atoms in total. The normalized spacial score (nSPS) is 23.8. The molecule has 1 unspecified atom stereocenters. The Labute approximate surface area is 147 Å². The van der Waals surface area contributed by atoms with Crippen LogP contribution in [0.3, 0.4) is 0 Å². The number of hydrogen-bond acceptors (Lipinski definition) is 3. The van der Waals surface area contributed by atoms with Crippen LogP contribution < -0.4 is 0 Å². The molecule has 2 aliphatic heterocycles. The molecule has 1 spiro atoms. The lowest BCUT2D eigenvalue weighted by Gasteiger charge is -2.44. The Bertz CT molecular complexity index is 843. The lowest BCUT2D eigenvalue weighted by molar-refractivity contribution is -0.127. The monoisotopic (exact) mass is 340 g/mol. The number of carbonyl (C=O) groups is 2. The minimum Gasteiger partial charge on any atom is -0.341 e. The highest BCUT2D eigenvalue weighted by Crippen LogP contribution is 2.38. The first-order valence-electron chi connectivity index (χ1n) is 9.07. The zero-order valence-corrected chi connectivity index (χ0v) is 14.9. The van der Waals surface area contributed by atoms with Gasteiger partial charge in [0.15, 0.2) is 5.69 Å². The van der Waals surface area contributed by atoms with Crippen LogP contribution in [0.1, 0.15) is 43.1 Å². The number of benzene rings is 1.